The highest BCUT2D eigenvalue weighted by Crippen LogP contribution is 2.46. The Morgan fingerprint density at radius 3 is 2.19 bits per heavy atom. The van der Waals surface area contributed by atoms with E-state index in [1.165, 1.54) is 6.07 Å². The zero-order valence-corrected chi connectivity index (χ0v) is 16.1. The molecular weight excluding hydrogens is 403 g/mol. The molecule has 0 aliphatic heterocycles. The molecule has 0 amide bonds. The van der Waals surface area contributed by atoms with Gasteiger partial charge >= 0.3 is 6.18 Å². The number of phenols is 2. The molecule has 5 rings (SSSR count). The maximum atomic E-state index is 13.3. The van der Waals surface area contributed by atoms with Crippen molar-refractivity contribution >= 4 is 0 Å². The molecule has 0 radical (unpaired) electrons. The molecule has 31 heavy (non-hydrogen) atoms. The first-order valence-corrected chi connectivity index (χ1v) is 9.64. The lowest BCUT2D eigenvalue weighted by Crippen LogP contribution is -2.04. The van der Waals surface area contributed by atoms with E-state index in [-0.39, 0.29) is 11.5 Å². The summed E-state index contributed by atoms with van der Waals surface area (Å²) in [5, 5.41) is 20.8. The Kier molecular flexibility index (Phi) is 4.25. The van der Waals surface area contributed by atoms with Gasteiger partial charge in [0.2, 0.25) is 0 Å². The molecule has 1 aliphatic rings. The topological polar surface area (TPSA) is 53.4 Å². The zero-order valence-electron chi connectivity index (χ0n) is 16.1. The van der Waals surface area contributed by atoms with Crippen molar-refractivity contribution in [2.75, 3.05) is 0 Å². The summed E-state index contributed by atoms with van der Waals surface area (Å²) in [5.41, 5.74) is 4.01. The first-order chi connectivity index (χ1) is 14.8. The van der Waals surface area contributed by atoms with Gasteiger partial charge in [0.05, 0.1) is 17.0 Å². The minimum absolute atomic E-state index is 0.0612. The third kappa shape index (κ3) is 3.20. The molecule has 0 spiro atoms. The fourth-order valence-electron chi connectivity index (χ4n) is 4.08. The number of hydrogen-bond acceptors (Lipinski definition) is 3. The van der Waals surface area contributed by atoms with Crippen LogP contribution in [0.15, 0.2) is 72.8 Å². The van der Waals surface area contributed by atoms with Crippen LogP contribution in [0.1, 0.15) is 16.7 Å². The van der Waals surface area contributed by atoms with Gasteiger partial charge in [-0.25, -0.2) is 4.98 Å². The molecule has 0 atom stereocenters. The van der Waals surface area contributed by atoms with E-state index in [0.717, 1.165) is 23.3 Å². The Hall–Kier alpha value is -3.80. The highest BCUT2D eigenvalue weighted by atomic mass is 19.4. The Balaban J connectivity index is 1.78. The van der Waals surface area contributed by atoms with Crippen LogP contribution < -0.4 is 0 Å². The van der Waals surface area contributed by atoms with Crippen molar-refractivity contribution < 1.29 is 23.4 Å². The number of aromatic hydroxyl groups is 2. The number of rotatable bonds is 2. The predicted molar refractivity (Wildman–Crippen MR) is 112 cm³/mol. The van der Waals surface area contributed by atoms with Gasteiger partial charge in [0, 0.05) is 28.7 Å². The van der Waals surface area contributed by atoms with Gasteiger partial charge in [0.1, 0.15) is 11.5 Å². The van der Waals surface area contributed by atoms with Gasteiger partial charge in [-0.2, -0.15) is 13.2 Å². The lowest BCUT2D eigenvalue weighted by molar-refractivity contribution is -0.137. The largest absolute Gasteiger partial charge is 0.508 e. The van der Waals surface area contributed by atoms with E-state index in [4.69, 9.17) is 0 Å². The number of alkyl halides is 3. The van der Waals surface area contributed by atoms with Gasteiger partial charge in [-0.3, -0.25) is 0 Å². The van der Waals surface area contributed by atoms with Crippen molar-refractivity contribution in [1.29, 1.82) is 0 Å². The molecule has 3 nitrogen and oxygen atoms in total. The number of pyridine rings is 1. The molecule has 3 aromatic carbocycles. The average molecular weight is 419 g/mol. The Labute approximate surface area is 176 Å². The van der Waals surface area contributed by atoms with E-state index < -0.39 is 11.7 Å². The summed E-state index contributed by atoms with van der Waals surface area (Å²) in [6.07, 6.45) is -4.05. The van der Waals surface area contributed by atoms with E-state index in [1.807, 2.05) is 6.07 Å². The second-order valence-corrected chi connectivity index (χ2v) is 7.46. The Bertz CT molecular complexity index is 1330. The highest BCUT2D eigenvalue weighted by Gasteiger charge is 2.31. The summed E-state index contributed by atoms with van der Waals surface area (Å²) in [5.74, 6) is 0.199. The first kappa shape index (κ1) is 19.2. The highest BCUT2D eigenvalue weighted by molar-refractivity contribution is 5.88. The standard InChI is InChI=1S/C25H16F3NO2/c26-25(27,28)15-6-3-5-14(11-15)21-13-18(16-7-1-2-9-22(16)30)20-12-19-17(24(20)29-21)8-4-10-23(19)31/h1-11,13,30-31H,12H2. The first-order valence-electron chi connectivity index (χ1n) is 9.64. The minimum Gasteiger partial charge on any atom is -0.508 e. The van der Waals surface area contributed by atoms with Crippen LogP contribution in [0.3, 0.4) is 0 Å². The number of benzene rings is 3. The van der Waals surface area contributed by atoms with Gasteiger partial charge in [0.25, 0.3) is 0 Å². The van der Waals surface area contributed by atoms with Crippen LogP contribution in [0.5, 0.6) is 11.5 Å². The van der Waals surface area contributed by atoms with Crippen LogP contribution in [0.2, 0.25) is 0 Å². The summed E-state index contributed by atoms with van der Waals surface area (Å²) in [6, 6.07) is 18.7. The SMILES string of the molecule is Oc1ccccc1-c1cc(-c2cccc(C(F)(F)F)c2)nc2c1Cc1c(O)cccc1-2. The summed E-state index contributed by atoms with van der Waals surface area (Å²) in [4.78, 5) is 4.68. The van der Waals surface area contributed by atoms with Crippen molar-refractivity contribution in [1.82, 2.24) is 4.98 Å². The molecule has 0 bridgehead atoms. The van der Waals surface area contributed by atoms with Gasteiger partial charge in [-0.15, -0.1) is 0 Å². The molecule has 4 aromatic rings. The zero-order chi connectivity index (χ0) is 21.8. The van der Waals surface area contributed by atoms with E-state index in [2.05, 4.69) is 4.98 Å². The van der Waals surface area contributed by atoms with Crippen molar-refractivity contribution in [2.24, 2.45) is 0 Å². The van der Waals surface area contributed by atoms with E-state index >= 15 is 0 Å². The second kappa shape index (κ2) is 6.87. The molecule has 1 aromatic heterocycles. The fraction of sp³-hybridized carbons (Fsp3) is 0.0800. The summed E-state index contributed by atoms with van der Waals surface area (Å²) >= 11 is 0. The lowest BCUT2D eigenvalue weighted by atomic mass is 9.95. The number of para-hydroxylation sites is 1. The molecule has 2 N–H and O–H groups in total. The Morgan fingerprint density at radius 2 is 1.42 bits per heavy atom. The molecule has 1 heterocycles. The maximum absolute atomic E-state index is 13.3. The molecule has 0 saturated heterocycles. The van der Waals surface area contributed by atoms with Crippen LogP contribution in [-0.2, 0) is 12.6 Å². The van der Waals surface area contributed by atoms with Crippen LogP contribution >= 0.6 is 0 Å². The van der Waals surface area contributed by atoms with Crippen LogP contribution in [-0.4, -0.2) is 15.2 Å². The molecule has 154 valence electrons. The average Bonchev–Trinajstić information content (AvgIpc) is 3.13. The second-order valence-electron chi connectivity index (χ2n) is 7.46. The number of hydrogen-bond donors (Lipinski definition) is 2. The molecule has 0 fully saturated rings. The Morgan fingerprint density at radius 1 is 0.710 bits per heavy atom. The summed E-state index contributed by atoms with van der Waals surface area (Å²) in [6.45, 7) is 0. The van der Waals surface area contributed by atoms with E-state index in [9.17, 15) is 23.4 Å². The quantitative estimate of drug-likeness (QED) is 0.347. The summed E-state index contributed by atoms with van der Waals surface area (Å²) in [7, 11) is 0. The number of fused-ring (bicyclic) bond motifs is 3. The summed E-state index contributed by atoms with van der Waals surface area (Å²) < 4.78 is 39.8. The smallest absolute Gasteiger partial charge is 0.416 e. The molecule has 6 heteroatoms. The van der Waals surface area contributed by atoms with Crippen molar-refractivity contribution in [3.8, 4) is 45.1 Å². The van der Waals surface area contributed by atoms with Crippen molar-refractivity contribution in [3.05, 3.63) is 89.5 Å². The van der Waals surface area contributed by atoms with Gasteiger partial charge < -0.3 is 10.2 Å². The fourth-order valence-corrected chi connectivity index (χ4v) is 4.08. The number of phenolic OH excluding ortho intramolecular Hbond substituents is 2. The van der Waals surface area contributed by atoms with Gasteiger partial charge in [-0.05, 0) is 41.5 Å². The molecule has 0 saturated carbocycles. The van der Waals surface area contributed by atoms with E-state index in [1.54, 1.807) is 48.5 Å². The van der Waals surface area contributed by atoms with Gasteiger partial charge in [0.15, 0.2) is 0 Å². The maximum Gasteiger partial charge on any atom is 0.416 e. The van der Waals surface area contributed by atoms with Crippen LogP contribution in [0, 0.1) is 0 Å². The van der Waals surface area contributed by atoms with Crippen molar-refractivity contribution in [2.45, 2.75) is 12.6 Å². The monoisotopic (exact) mass is 419 g/mol. The van der Waals surface area contributed by atoms with Gasteiger partial charge in [-0.1, -0.05) is 42.5 Å². The number of halogens is 3. The number of aromatic nitrogens is 1. The molecular formula is C25H16F3NO2. The third-order valence-corrected chi connectivity index (χ3v) is 5.56. The molecule has 1 aliphatic carbocycles. The number of nitrogens with zero attached hydrogens (tertiary/aromatic N) is 1. The van der Waals surface area contributed by atoms with Crippen LogP contribution in [0.25, 0.3) is 33.6 Å². The normalized spacial score (nSPS) is 12.5. The lowest BCUT2D eigenvalue weighted by Gasteiger charge is -2.14. The predicted octanol–water partition coefficient (Wildman–Crippen LogP) is 6.42. The van der Waals surface area contributed by atoms with Crippen LogP contribution in [0.4, 0.5) is 13.2 Å². The van der Waals surface area contributed by atoms with E-state index in [0.29, 0.717) is 40.1 Å². The minimum atomic E-state index is -4.47. The third-order valence-electron chi connectivity index (χ3n) is 5.56. The molecule has 0 unspecified atom stereocenters. The van der Waals surface area contributed by atoms with Crippen molar-refractivity contribution in [3.63, 3.8) is 0 Å².